The number of fused-ring (bicyclic) bond motifs is 1. The average Bonchev–Trinajstić information content (AvgIpc) is 2.79. The summed E-state index contributed by atoms with van der Waals surface area (Å²) < 4.78 is 5.36. The summed E-state index contributed by atoms with van der Waals surface area (Å²) in [6.45, 7) is 3.33. The summed E-state index contributed by atoms with van der Waals surface area (Å²) in [6.07, 6.45) is 1.60. The van der Waals surface area contributed by atoms with Gasteiger partial charge in [-0.05, 0) is 36.2 Å². The summed E-state index contributed by atoms with van der Waals surface area (Å²) in [6, 6.07) is 25.9. The van der Waals surface area contributed by atoms with E-state index >= 15 is 0 Å². The normalized spacial score (nSPS) is 10.8. The van der Waals surface area contributed by atoms with Crippen molar-refractivity contribution < 1.29 is 9.53 Å². The Morgan fingerprint density at radius 3 is 2.13 bits per heavy atom. The molecule has 0 spiro atoms. The number of aromatic nitrogens is 1. The number of hydrogen-bond donors (Lipinski definition) is 0. The minimum absolute atomic E-state index is 0.295. The van der Waals surface area contributed by atoms with Crippen molar-refractivity contribution in [2.24, 2.45) is 0 Å². The van der Waals surface area contributed by atoms with Gasteiger partial charge in [0.1, 0.15) is 5.56 Å². The van der Waals surface area contributed by atoms with Crippen LogP contribution in [0.5, 0.6) is 0 Å². The second-order valence-electron chi connectivity index (χ2n) is 7.23. The lowest BCUT2D eigenvalue weighted by atomic mass is 10.1. The standard InChI is InChI=1S/C26H23ClN2O2/c1-2-31-26(30)23-16-28-24-14-13-21(27)15-22(24)25(23)29(17-19-9-5-3-6-10-19)18-20-11-7-4-8-12-20/h3-16H,2,17-18H2,1H3. The van der Waals surface area contributed by atoms with E-state index in [0.717, 1.165) is 27.7 Å². The van der Waals surface area contributed by atoms with Crippen LogP contribution in [0, 0.1) is 0 Å². The second kappa shape index (κ2) is 9.63. The van der Waals surface area contributed by atoms with E-state index in [9.17, 15) is 4.79 Å². The molecule has 0 amide bonds. The molecule has 4 aromatic rings. The maximum absolute atomic E-state index is 12.9. The van der Waals surface area contributed by atoms with Gasteiger partial charge in [-0.15, -0.1) is 0 Å². The first-order chi connectivity index (χ1) is 15.2. The highest BCUT2D eigenvalue weighted by Crippen LogP contribution is 2.34. The molecule has 0 N–H and O–H groups in total. The van der Waals surface area contributed by atoms with Crippen molar-refractivity contribution in [1.82, 2.24) is 4.98 Å². The van der Waals surface area contributed by atoms with Crippen molar-refractivity contribution in [3.05, 3.63) is 107 Å². The molecule has 4 rings (SSSR count). The predicted molar refractivity (Wildman–Crippen MR) is 125 cm³/mol. The number of rotatable bonds is 7. The fourth-order valence-corrected chi connectivity index (χ4v) is 3.84. The van der Waals surface area contributed by atoms with Crippen LogP contribution in [0.25, 0.3) is 10.9 Å². The fraction of sp³-hybridized carbons (Fsp3) is 0.154. The largest absolute Gasteiger partial charge is 0.462 e. The Hall–Kier alpha value is -3.37. The van der Waals surface area contributed by atoms with Crippen LogP contribution in [0.3, 0.4) is 0 Å². The summed E-state index contributed by atoms with van der Waals surface area (Å²) >= 11 is 6.35. The molecule has 0 unspecified atom stereocenters. The van der Waals surface area contributed by atoms with Gasteiger partial charge >= 0.3 is 5.97 Å². The van der Waals surface area contributed by atoms with Gasteiger partial charge in [0, 0.05) is 29.7 Å². The number of nitrogens with zero attached hydrogens (tertiary/aromatic N) is 2. The Morgan fingerprint density at radius 2 is 1.55 bits per heavy atom. The molecule has 4 nitrogen and oxygen atoms in total. The van der Waals surface area contributed by atoms with Crippen LogP contribution < -0.4 is 4.90 Å². The first-order valence-corrected chi connectivity index (χ1v) is 10.6. The van der Waals surface area contributed by atoms with Crippen LogP contribution >= 0.6 is 11.6 Å². The number of hydrogen-bond acceptors (Lipinski definition) is 4. The molecule has 0 aliphatic carbocycles. The van der Waals surface area contributed by atoms with Crippen LogP contribution in [0.4, 0.5) is 5.69 Å². The molecule has 0 fully saturated rings. The number of halogens is 1. The van der Waals surface area contributed by atoms with Crippen LogP contribution in [0.15, 0.2) is 85.1 Å². The fourth-order valence-electron chi connectivity index (χ4n) is 3.67. The van der Waals surface area contributed by atoms with Crippen LogP contribution in [0.1, 0.15) is 28.4 Å². The average molecular weight is 431 g/mol. The lowest BCUT2D eigenvalue weighted by molar-refractivity contribution is 0.0526. The predicted octanol–water partition coefficient (Wildman–Crippen LogP) is 6.27. The lowest BCUT2D eigenvalue weighted by Crippen LogP contribution is -2.25. The second-order valence-corrected chi connectivity index (χ2v) is 7.67. The number of anilines is 1. The minimum atomic E-state index is -0.391. The number of ether oxygens (including phenoxy) is 1. The van der Waals surface area contributed by atoms with Crippen molar-refractivity contribution in [1.29, 1.82) is 0 Å². The van der Waals surface area contributed by atoms with Gasteiger partial charge in [0.05, 0.1) is 17.8 Å². The number of pyridine rings is 1. The Morgan fingerprint density at radius 1 is 0.935 bits per heavy atom. The molecule has 5 heteroatoms. The Bertz CT molecular complexity index is 1140. The SMILES string of the molecule is CCOC(=O)c1cnc2ccc(Cl)cc2c1N(Cc1ccccc1)Cc1ccccc1. The summed E-state index contributed by atoms with van der Waals surface area (Å²) in [5.41, 5.74) is 4.26. The van der Waals surface area contributed by atoms with Gasteiger partial charge < -0.3 is 9.64 Å². The Labute approximate surface area is 187 Å². The molecular weight excluding hydrogens is 408 g/mol. The maximum Gasteiger partial charge on any atom is 0.341 e. The molecule has 3 aromatic carbocycles. The van der Waals surface area contributed by atoms with E-state index < -0.39 is 5.97 Å². The molecule has 0 radical (unpaired) electrons. The van der Waals surface area contributed by atoms with Gasteiger partial charge in [-0.2, -0.15) is 0 Å². The third-order valence-electron chi connectivity index (χ3n) is 5.05. The first kappa shape index (κ1) is 20.9. The van der Waals surface area contributed by atoms with E-state index in [1.165, 1.54) is 0 Å². The highest BCUT2D eigenvalue weighted by Gasteiger charge is 2.22. The van der Waals surface area contributed by atoms with Crippen LogP contribution in [-0.2, 0) is 17.8 Å². The molecule has 0 aliphatic heterocycles. The summed E-state index contributed by atoms with van der Waals surface area (Å²) in [5, 5.41) is 1.42. The smallest absolute Gasteiger partial charge is 0.341 e. The van der Waals surface area contributed by atoms with E-state index in [4.69, 9.17) is 16.3 Å². The van der Waals surface area contributed by atoms with Crippen molar-refractivity contribution in [2.75, 3.05) is 11.5 Å². The summed E-state index contributed by atoms with van der Waals surface area (Å²) in [4.78, 5) is 19.6. The van der Waals surface area contributed by atoms with E-state index in [1.54, 1.807) is 13.1 Å². The van der Waals surface area contributed by atoms with Crippen molar-refractivity contribution >= 4 is 34.2 Å². The van der Waals surface area contributed by atoms with E-state index in [1.807, 2.05) is 54.6 Å². The van der Waals surface area contributed by atoms with E-state index in [2.05, 4.69) is 34.1 Å². The monoisotopic (exact) mass is 430 g/mol. The Balaban J connectivity index is 1.90. The summed E-state index contributed by atoms with van der Waals surface area (Å²) in [5.74, 6) is -0.391. The highest BCUT2D eigenvalue weighted by atomic mass is 35.5. The zero-order valence-electron chi connectivity index (χ0n) is 17.3. The molecule has 0 saturated heterocycles. The molecular formula is C26H23ClN2O2. The van der Waals surface area contributed by atoms with Gasteiger partial charge in [0.25, 0.3) is 0 Å². The van der Waals surface area contributed by atoms with Crippen molar-refractivity contribution in [3.8, 4) is 0 Å². The first-order valence-electron chi connectivity index (χ1n) is 10.2. The topological polar surface area (TPSA) is 42.4 Å². The van der Waals surface area contributed by atoms with E-state index in [-0.39, 0.29) is 0 Å². The molecule has 0 bridgehead atoms. The molecule has 31 heavy (non-hydrogen) atoms. The third kappa shape index (κ3) is 4.86. The van der Waals surface area contributed by atoms with Gasteiger partial charge in [-0.1, -0.05) is 72.3 Å². The molecule has 0 aliphatic rings. The minimum Gasteiger partial charge on any atom is -0.462 e. The lowest BCUT2D eigenvalue weighted by Gasteiger charge is -2.28. The van der Waals surface area contributed by atoms with E-state index in [0.29, 0.717) is 30.3 Å². The maximum atomic E-state index is 12.9. The molecule has 1 aromatic heterocycles. The number of benzene rings is 3. The molecule has 1 heterocycles. The molecule has 0 atom stereocenters. The van der Waals surface area contributed by atoms with Gasteiger partial charge in [-0.25, -0.2) is 4.79 Å². The number of carbonyl (C=O) groups is 1. The molecule has 0 saturated carbocycles. The Kier molecular flexibility index (Phi) is 6.48. The van der Waals surface area contributed by atoms with Crippen molar-refractivity contribution in [2.45, 2.75) is 20.0 Å². The van der Waals surface area contributed by atoms with Crippen LogP contribution in [-0.4, -0.2) is 17.6 Å². The van der Waals surface area contributed by atoms with Gasteiger partial charge in [0.15, 0.2) is 0 Å². The summed E-state index contributed by atoms with van der Waals surface area (Å²) in [7, 11) is 0. The van der Waals surface area contributed by atoms with Gasteiger partial charge in [-0.3, -0.25) is 4.98 Å². The number of esters is 1. The zero-order chi connectivity index (χ0) is 21.6. The third-order valence-corrected chi connectivity index (χ3v) is 5.28. The zero-order valence-corrected chi connectivity index (χ0v) is 18.0. The quantitative estimate of drug-likeness (QED) is 0.324. The van der Waals surface area contributed by atoms with Crippen molar-refractivity contribution in [3.63, 3.8) is 0 Å². The van der Waals surface area contributed by atoms with Crippen LogP contribution in [0.2, 0.25) is 5.02 Å². The molecule has 156 valence electrons. The van der Waals surface area contributed by atoms with Gasteiger partial charge in [0.2, 0.25) is 0 Å². The number of carbonyl (C=O) groups excluding carboxylic acids is 1. The highest BCUT2D eigenvalue weighted by molar-refractivity contribution is 6.31.